The van der Waals surface area contributed by atoms with Gasteiger partial charge in [0.25, 0.3) is 5.91 Å². The van der Waals surface area contributed by atoms with E-state index in [1.165, 1.54) is 12.1 Å². The number of aromatic carboxylic acids is 1. The SMILES string of the molecule is NC(=O)c1n[nH]nc1-c1cccc(OCc2ccc(C(=O)O)o2)c1. The molecule has 0 saturated heterocycles. The zero-order valence-corrected chi connectivity index (χ0v) is 12.2. The predicted molar refractivity (Wildman–Crippen MR) is 80.3 cm³/mol. The predicted octanol–water partition coefficient (Wildman–Crippen LogP) is 1.44. The maximum absolute atomic E-state index is 11.3. The van der Waals surface area contributed by atoms with Crippen LogP contribution in [0.25, 0.3) is 11.3 Å². The molecule has 9 heteroatoms. The molecule has 0 aliphatic rings. The second-order valence-corrected chi connectivity index (χ2v) is 4.77. The van der Waals surface area contributed by atoms with E-state index >= 15 is 0 Å². The lowest BCUT2D eigenvalue weighted by Gasteiger charge is -2.06. The van der Waals surface area contributed by atoms with E-state index in [1.54, 1.807) is 24.3 Å². The second kappa shape index (κ2) is 6.24. The van der Waals surface area contributed by atoms with Gasteiger partial charge in [-0.05, 0) is 24.3 Å². The third kappa shape index (κ3) is 3.09. The number of furan rings is 1. The first kappa shape index (κ1) is 15.3. The van der Waals surface area contributed by atoms with Gasteiger partial charge in [-0.15, -0.1) is 0 Å². The van der Waals surface area contributed by atoms with Crippen molar-refractivity contribution < 1.29 is 23.8 Å². The Morgan fingerprint density at radius 1 is 1.25 bits per heavy atom. The molecule has 2 aromatic heterocycles. The average molecular weight is 328 g/mol. The number of carbonyl (C=O) groups excluding carboxylic acids is 1. The molecule has 0 bridgehead atoms. The van der Waals surface area contributed by atoms with Crippen molar-refractivity contribution in [3.8, 4) is 17.0 Å². The van der Waals surface area contributed by atoms with Crippen LogP contribution in [-0.4, -0.2) is 32.4 Å². The molecule has 4 N–H and O–H groups in total. The minimum Gasteiger partial charge on any atom is -0.486 e. The number of aromatic amines is 1. The van der Waals surface area contributed by atoms with Crippen LogP contribution in [0.5, 0.6) is 5.75 Å². The molecule has 0 fully saturated rings. The highest BCUT2D eigenvalue weighted by atomic mass is 16.5. The van der Waals surface area contributed by atoms with Gasteiger partial charge in [-0.25, -0.2) is 4.79 Å². The van der Waals surface area contributed by atoms with Gasteiger partial charge in [0.2, 0.25) is 5.76 Å². The van der Waals surface area contributed by atoms with Crippen LogP contribution in [0.1, 0.15) is 26.8 Å². The van der Waals surface area contributed by atoms with Crippen LogP contribution in [0.4, 0.5) is 0 Å². The first-order chi connectivity index (χ1) is 11.5. The summed E-state index contributed by atoms with van der Waals surface area (Å²) in [5, 5.41) is 18.8. The summed E-state index contributed by atoms with van der Waals surface area (Å²) in [5.74, 6) is -1.14. The van der Waals surface area contributed by atoms with Gasteiger partial charge in [0.05, 0.1) is 0 Å². The van der Waals surface area contributed by atoms with Gasteiger partial charge < -0.3 is 20.0 Å². The van der Waals surface area contributed by atoms with Gasteiger partial charge in [0.1, 0.15) is 23.8 Å². The zero-order valence-electron chi connectivity index (χ0n) is 12.2. The number of carboxylic acid groups (broad SMARTS) is 1. The van der Waals surface area contributed by atoms with Gasteiger partial charge in [0, 0.05) is 5.56 Å². The topological polar surface area (TPSA) is 144 Å². The van der Waals surface area contributed by atoms with Gasteiger partial charge in [-0.3, -0.25) is 4.79 Å². The zero-order chi connectivity index (χ0) is 17.1. The van der Waals surface area contributed by atoms with E-state index in [9.17, 15) is 9.59 Å². The minimum absolute atomic E-state index is 0.0317. The summed E-state index contributed by atoms with van der Waals surface area (Å²) in [6.07, 6.45) is 0. The first-order valence-corrected chi connectivity index (χ1v) is 6.80. The quantitative estimate of drug-likeness (QED) is 0.620. The number of carboxylic acids is 1. The molecule has 0 aliphatic carbocycles. The van der Waals surface area contributed by atoms with Gasteiger partial charge in [-0.2, -0.15) is 15.4 Å². The monoisotopic (exact) mass is 328 g/mol. The largest absolute Gasteiger partial charge is 0.486 e. The van der Waals surface area contributed by atoms with E-state index < -0.39 is 11.9 Å². The lowest BCUT2D eigenvalue weighted by atomic mass is 10.1. The Morgan fingerprint density at radius 3 is 2.79 bits per heavy atom. The van der Waals surface area contributed by atoms with Crippen LogP contribution < -0.4 is 10.5 Å². The van der Waals surface area contributed by atoms with E-state index in [-0.39, 0.29) is 18.1 Å². The number of hydrogen-bond acceptors (Lipinski definition) is 6. The Morgan fingerprint density at radius 2 is 2.08 bits per heavy atom. The lowest BCUT2D eigenvalue weighted by molar-refractivity contribution is 0.0658. The van der Waals surface area contributed by atoms with Crippen LogP contribution in [0.15, 0.2) is 40.8 Å². The van der Waals surface area contributed by atoms with Crippen molar-refractivity contribution in [3.05, 3.63) is 53.6 Å². The van der Waals surface area contributed by atoms with E-state index in [0.717, 1.165) is 0 Å². The number of nitrogens with one attached hydrogen (secondary N) is 1. The van der Waals surface area contributed by atoms with Crippen molar-refractivity contribution in [1.29, 1.82) is 0 Å². The van der Waals surface area contributed by atoms with Crippen LogP contribution in [0.3, 0.4) is 0 Å². The summed E-state index contributed by atoms with van der Waals surface area (Å²) in [4.78, 5) is 22.1. The molecule has 122 valence electrons. The lowest BCUT2D eigenvalue weighted by Crippen LogP contribution is -2.12. The Kier molecular flexibility index (Phi) is 3.98. The number of nitrogens with zero attached hydrogens (tertiary/aromatic N) is 2. The number of benzene rings is 1. The van der Waals surface area contributed by atoms with Crippen molar-refractivity contribution in [1.82, 2.24) is 15.4 Å². The first-order valence-electron chi connectivity index (χ1n) is 6.80. The number of carbonyl (C=O) groups is 2. The summed E-state index contributed by atoms with van der Waals surface area (Å²) < 4.78 is 10.7. The second-order valence-electron chi connectivity index (χ2n) is 4.77. The van der Waals surface area contributed by atoms with Gasteiger partial charge in [0.15, 0.2) is 5.69 Å². The molecular weight excluding hydrogens is 316 g/mol. The van der Waals surface area contributed by atoms with Crippen LogP contribution in [-0.2, 0) is 6.61 Å². The van der Waals surface area contributed by atoms with Gasteiger partial charge >= 0.3 is 5.97 Å². The van der Waals surface area contributed by atoms with E-state index in [2.05, 4.69) is 15.4 Å². The molecule has 1 aromatic carbocycles. The molecule has 3 rings (SSSR count). The fraction of sp³-hybridized carbons (Fsp3) is 0.0667. The maximum Gasteiger partial charge on any atom is 0.371 e. The summed E-state index contributed by atoms with van der Waals surface area (Å²) in [7, 11) is 0. The number of aromatic nitrogens is 3. The summed E-state index contributed by atoms with van der Waals surface area (Å²) in [6, 6.07) is 9.68. The highest BCUT2D eigenvalue weighted by molar-refractivity contribution is 5.96. The van der Waals surface area contributed by atoms with Crippen molar-refractivity contribution in [2.45, 2.75) is 6.61 Å². The Balaban J connectivity index is 1.76. The number of amides is 1. The molecule has 0 saturated carbocycles. The van der Waals surface area contributed by atoms with Crippen molar-refractivity contribution >= 4 is 11.9 Å². The fourth-order valence-electron chi connectivity index (χ4n) is 2.06. The summed E-state index contributed by atoms with van der Waals surface area (Å²) >= 11 is 0. The van der Waals surface area contributed by atoms with Gasteiger partial charge in [-0.1, -0.05) is 12.1 Å². The molecule has 0 aliphatic heterocycles. The smallest absolute Gasteiger partial charge is 0.371 e. The number of nitrogens with two attached hydrogens (primary N) is 1. The molecule has 0 atom stereocenters. The maximum atomic E-state index is 11.3. The molecule has 0 unspecified atom stereocenters. The summed E-state index contributed by atoms with van der Waals surface area (Å²) in [5.41, 5.74) is 6.19. The number of rotatable bonds is 6. The number of H-pyrrole nitrogens is 1. The van der Waals surface area contributed by atoms with Crippen LogP contribution >= 0.6 is 0 Å². The van der Waals surface area contributed by atoms with E-state index in [0.29, 0.717) is 22.8 Å². The third-order valence-electron chi connectivity index (χ3n) is 3.14. The number of primary amides is 1. The summed E-state index contributed by atoms with van der Waals surface area (Å²) in [6.45, 7) is 0.0538. The molecule has 2 heterocycles. The highest BCUT2D eigenvalue weighted by Crippen LogP contribution is 2.24. The molecule has 3 aromatic rings. The minimum atomic E-state index is -1.15. The highest BCUT2D eigenvalue weighted by Gasteiger charge is 2.15. The molecule has 24 heavy (non-hydrogen) atoms. The Bertz CT molecular complexity index is 899. The Hall–Kier alpha value is -3.62. The number of hydrogen-bond donors (Lipinski definition) is 3. The standard InChI is InChI=1S/C15H12N4O5/c16-14(20)13-12(17-19-18-13)8-2-1-3-9(6-8)23-7-10-4-5-11(24-10)15(21)22/h1-6H,7H2,(H2,16,20)(H,21,22)(H,17,18,19). The normalized spacial score (nSPS) is 10.5. The molecular formula is C15H12N4O5. The van der Waals surface area contributed by atoms with Crippen LogP contribution in [0, 0.1) is 0 Å². The van der Waals surface area contributed by atoms with Crippen molar-refractivity contribution in [2.24, 2.45) is 5.73 Å². The Labute approximate surface area is 135 Å². The molecule has 0 radical (unpaired) electrons. The third-order valence-corrected chi connectivity index (χ3v) is 3.14. The fourth-order valence-corrected chi connectivity index (χ4v) is 2.06. The molecule has 1 amide bonds. The van der Waals surface area contributed by atoms with Crippen molar-refractivity contribution in [3.63, 3.8) is 0 Å². The molecule has 9 nitrogen and oxygen atoms in total. The number of ether oxygens (including phenoxy) is 1. The van der Waals surface area contributed by atoms with Crippen molar-refractivity contribution in [2.75, 3.05) is 0 Å². The van der Waals surface area contributed by atoms with E-state index in [4.69, 9.17) is 20.0 Å². The average Bonchev–Trinajstić information content (AvgIpc) is 3.22. The molecule has 0 spiro atoms. The van der Waals surface area contributed by atoms with Crippen LogP contribution in [0.2, 0.25) is 0 Å². The van der Waals surface area contributed by atoms with E-state index in [1.807, 2.05) is 0 Å².